The van der Waals surface area contributed by atoms with Crippen molar-refractivity contribution in [2.75, 3.05) is 18.4 Å². The average molecular weight is 347 g/mol. The number of amides is 2. The summed E-state index contributed by atoms with van der Waals surface area (Å²) in [7, 11) is 0. The SMILES string of the molecule is CCN(CC)C(=O)c1ccc(NC(=O)c2cnc(C)cn2)cc1Cl. The van der Waals surface area contributed by atoms with Crippen LogP contribution in [0.1, 0.15) is 40.4 Å². The zero-order valence-corrected chi connectivity index (χ0v) is 14.6. The quantitative estimate of drug-likeness (QED) is 0.902. The predicted molar refractivity (Wildman–Crippen MR) is 93.4 cm³/mol. The normalized spacial score (nSPS) is 10.3. The standard InChI is InChI=1S/C17H19ClN4O2/c1-4-22(5-2)17(24)13-7-6-12(8-14(13)18)21-16(23)15-10-19-11(3)9-20-15/h6-10H,4-5H2,1-3H3,(H,21,23). The summed E-state index contributed by atoms with van der Waals surface area (Å²) in [5.74, 6) is -0.520. The fourth-order valence-electron chi connectivity index (χ4n) is 2.15. The van der Waals surface area contributed by atoms with Gasteiger partial charge in [0.25, 0.3) is 11.8 Å². The summed E-state index contributed by atoms with van der Waals surface area (Å²) in [5, 5.41) is 2.98. The molecule has 1 heterocycles. The van der Waals surface area contributed by atoms with Crippen molar-refractivity contribution in [3.8, 4) is 0 Å². The molecule has 1 aromatic heterocycles. The van der Waals surface area contributed by atoms with Crippen molar-refractivity contribution in [3.63, 3.8) is 0 Å². The van der Waals surface area contributed by atoms with E-state index >= 15 is 0 Å². The summed E-state index contributed by atoms with van der Waals surface area (Å²) in [6.45, 7) is 6.82. The number of carbonyl (C=O) groups excluding carboxylic acids is 2. The van der Waals surface area contributed by atoms with Crippen LogP contribution in [0.15, 0.2) is 30.6 Å². The van der Waals surface area contributed by atoms with Gasteiger partial charge < -0.3 is 10.2 Å². The molecule has 2 rings (SSSR count). The Labute approximate surface area is 145 Å². The van der Waals surface area contributed by atoms with Gasteiger partial charge in [0.05, 0.1) is 22.5 Å². The van der Waals surface area contributed by atoms with Gasteiger partial charge in [0, 0.05) is 25.0 Å². The molecule has 0 spiro atoms. The highest BCUT2D eigenvalue weighted by Crippen LogP contribution is 2.22. The molecule has 0 saturated heterocycles. The molecule has 6 nitrogen and oxygen atoms in total. The van der Waals surface area contributed by atoms with Crippen LogP contribution < -0.4 is 5.32 Å². The number of aryl methyl sites for hydroxylation is 1. The second-order valence-electron chi connectivity index (χ2n) is 5.17. The van der Waals surface area contributed by atoms with Gasteiger partial charge in [-0.1, -0.05) is 11.6 Å². The maximum absolute atomic E-state index is 12.4. The molecule has 7 heteroatoms. The second-order valence-corrected chi connectivity index (χ2v) is 5.58. The van der Waals surface area contributed by atoms with Crippen LogP contribution in [0.3, 0.4) is 0 Å². The minimum absolute atomic E-state index is 0.132. The Morgan fingerprint density at radius 3 is 2.42 bits per heavy atom. The first-order valence-corrected chi connectivity index (χ1v) is 8.02. The van der Waals surface area contributed by atoms with Crippen molar-refractivity contribution in [1.82, 2.24) is 14.9 Å². The number of halogens is 1. The number of carbonyl (C=O) groups is 2. The predicted octanol–water partition coefficient (Wildman–Crippen LogP) is 3.17. The Bertz CT molecular complexity index is 743. The lowest BCUT2D eigenvalue weighted by Gasteiger charge is -2.19. The van der Waals surface area contributed by atoms with Crippen LogP contribution in [0.2, 0.25) is 5.02 Å². The molecule has 2 amide bonds. The van der Waals surface area contributed by atoms with E-state index in [-0.39, 0.29) is 17.5 Å². The number of hydrogen-bond acceptors (Lipinski definition) is 4. The molecular weight excluding hydrogens is 328 g/mol. The Balaban J connectivity index is 2.16. The third-order valence-corrected chi connectivity index (χ3v) is 3.83. The topological polar surface area (TPSA) is 75.2 Å². The summed E-state index contributed by atoms with van der Waals surface area (Å²) >= 11 is 6.21. The number of benzene rings is 1. The molecule has 0 radical (unpaired) electrons. The molecule has 0 aliphatic heterocycles. The molecule has 1 N–H and O–H groups in total. The van der Waals surface area contributed by atoms with Crippen LogP contribution in [-0.2, 0) is 0 Å². The Kier molecular flexibility index (Phi) is 5.87. The smallest absolute Gasteiger partial charge is 0.275 e. The molecule has 0 aliphatic carbocycles. The van der Waals surface area contributed by atoms with E-state index in [1.807, 2.05) is 13.8 Å². The minimum Gasteiger partial charge on any atom is -0.339 e. The fourth-order valence-corrected chi connectivity index (χ4v) is 2.41. The van der Waals surface area contributed by atoms with Crippen molar-refractivity contribution in [3.05, 3.63) is 52.6 Å². The molecule has 0 bridgehead atoms. The maximum Gasteiger partial charge on any atom is 0.275 e. The van der Waals surface area contributed by atoms with E-state index in [4.69, 9.17) is 11.6 Å². The van der Waals surface area contributed by atoms with Crippen molar-refractivity contribution < 1.29 is 9.59 Å². The van der Waals surface area contributed by atoms with Crippen LogP contribution in [0.5, 0.6) is 0 Å². The number of nitrogens with one attached hydrogen (secondary N) is 1. The van der Waals surface area contributed by atoms with Crippen LogP contribution in [-0.4, -0.2) is 39.8 Å². The number of rotatable bonds is 5. The van der Waals surface area contributed by atoms with Gasteiger partial charge in [-0.05, 0) is 39.0 Å². The van der Waals surface area contributed by atoms with Gasteiger partial charge in [0.1, 0.15) is 5.69 Å². The molecule has 126 valence electrons. The molecular formula is C17H19ClN4O2. The summed E-state index contributed by atoms with van der Waals surface area (Å²) in [6, 6.07) is 4.80. The van der Waals surface area contributed by atoms with Gasteiger partial charge in [-0.15, -0.1) is 0 Å². The summed E-state index contributed by atoms with van der Waals surface area (Å²) < 4.78 is 0. The van der Waals surface area contributed by atoms with Crippen LogP contribution >= 0.6 is 11.6 Å². The lowest BCUT2D eigenvalue weighted by Crippen LogP contribution is -2.30. The second kappa shape index (κ2) is 7.88. The van der Waals surface area contributed by atoms with Gasteiger partial charge in [-0.3, -0.25) is 14.6 Å². The molecule has 24 heavy (non-hydrogen) atoms. The molecule has 0 aliphatic rings. The van der Waals surface area contributed by atoms with Gasteiger partial charge in [-0.25, -0.2) is 4.98 Å². The van der Waals surface area contributed by atoms with Crippen molar-refractivity contribution in [1.29, 1.82) is 0 Å². The minimum atomic E-state index is -0.388. The molecule has 0 saturated carbocycles. The Morgan fingerprint density at radius 1 is 1.17 bits per heavy atom. The highest BCUT2D eigenvalue weighted by molar-refractivity contribution is 6.34. The number of aromatic nitrogens is 2. The zero-order valence-electron chi connectivity index (χ0n) is 13.8. The lowest BCUT2D eigenvalue weighted by molar-refractivity contribution is 0.0773. The van der Waals surface area contributed by atoms with Gasteiger partial charge in [0.2, 0.25) is 0 Å². The van der Waals surface area contributed by atoms with Gasteiger partial charge >= 0.3 is 0 Å². The third-order valence-electron chi connectivity index (χ3n) is 3.52. The number of nitrogens with zero attached hydrogens (tertiary/aromatic N) is 3. The van der Waals surface area contributed by atoms with Crippen LogP contribution in [0, 0.1) is 6.92 Å². The van der Waals surface area contributed by atoms with E-state index < -0.39 is 0 Å². The molecule has 0 fully saturated rings. The maximum atomic E-state index is 12.4. The fraction of sp³-hybridized carbons (Fsp3) is 0.294. The summed E-state index contributed by atoms with van der Waals surface area (Å²) in [5.41, 5.74) is 1.84. The highest BCUT2D eigenvalue weighted by Gasteiger charge is 2.17. The van der Waals surface area contributed by atoms with E-state index in [1.54, 1.807) is 30.0 Å². The van der Waals surface area contributed by atoms with Crippen LogP contribution in [0.4, 0.5) is 5.69 Å². The zero-order chi connectivity index (χ0) is 17.7. The van der Waals surface area contributed by atoms with Gasteiger partial charge in [-0.2, -0.15) is 0 Å². The van der Waals surface area contributed by atoms with Crippen molar-refractivity contribution in [2.24, 2.45) is 0 Å². The monoisotopic (exact) mass is 346 g/mol. The summed E-state index contributed by atoms with van der Waals surface area (Å²) in [4.78, 5) is 34.2. The van der Waals surface area contributed by atoms with E-state index in [1.165, 1.54) is 12.4 Å². The van der Waals surface area contributed by atoms with E-state index in [9.17, 15) is 9.59 Å². The Hall–Kier alpha value is -2.47. The highest BCUT2D eigenvalue weighted by atomic mass is 35.5. The average Bonchev–Trinajstić information content (AvgIpc) is 2.56. The molecule has 1 aromatic carbocycles. The van der Waals surface area contributed by atoms with Crippen molar-refractivity contribution >= 4 is 29.1 Å². The van der Waals surface area contributed by atoms with E-state index in [0.29, 0.717) is 29.4 Å². The third kappa shape index (κ3) is 4.08. The Morgan fingerprint density at radius 2 is 1.88 bits per heavy atom. The number of hydrogen-bond donors (Lipinski definition) is 1. The first-order chi connectivity index (χ1) is 11.5. The summed E-state index contributed by atoms with van der Waals surface area (Å²) in [6.07, 6.45) is 2.93. The van der Waals surface area contributed by atoms with E-state index in [0.717, 1.165) is 5.69 Å². The number of anilines is 1. The van der Waals surface area contributed by atoms with Gasteiger partial charge in [0.15, 0.2) is 0 Å². The van der Waals surface area contributed by atoms with E-state index in [2.05, 4.69) is 15.3 Å². The van der Waals surface area contributed by atoms with Crippen LogP contribution in [0.25, 0.3) is 0 Å². The lowest BCUT2D eigenvalue weighted by atomic mass is 10.1. The largest absolute Gasteiger partial charge is 0.339 e. The first-order valence-electron chi connectivity index (χ1n) is 7.65. The first kappa shape index (κ1) is 17.9. The van der Waals surface area contributed by atoms with Crippen molar-refractivity contribution in [2.45, 2.75) is 20.8 Å². The molecule has 0 atom stereocenters. The molecule has 2 aromatic rings. The molecule has 0 unspecified atom stereocenters.